The molecule has 38 heteroatoms. The first kappa shape index (κ1) is 137. The summed E-state index contributed by atoms with van der Waals surface area (Å²) in [4.78, 5) is 137. The number of carbonyl (C=O) groups is 10. The molecule has 0 spiro atoms. The molecule has 4 saturated heterocycles. The maximum Gasteiger partial charge on any atom is 1.00 e. The fourth-order valence-corrected chi connectivity index (χ4v) is 12.1. The van der Waals surface area contributed by atoms with Crippen LogP contribution in [0.15, 0.2) is 115 Å². The largest absolute Gasteiger partial charge is 1.00 e. The quantitative estimate of drug-likeness (QED) is 0.0107. The number of Topliss-reactive ketones (excluding diaryl/α,β-unsaturated/α-hetero) is 2. The number of amides is 5. The molecule has 4 aromatic carbocycles. The van der Waals surface area contributed by atoms with Gasteiger partial charge in [-0.15, -0.1) is 0 Å². The van der Waals surface area contributed by atoms with Gasteiger partial charge in [-0.3, -0.25) is 54.0 Å². The summed E-state index contributed by atoms with van der Waals surface area (Å²) in [7, 11) is 3.57. The summed E-state index contributed by atoms with van der Waals surface area (Å²) in [5, 5.41) is 33.2. The average Bonchev–Trinajstić information content (AvgIpc) is 1.67. The Labute approximate surface area is 848 Å². The van der Waals surface area contributed by atoms with E-state index in [0.717, 1.165) is 79.8 Å². The van der Waals surface area contributed by atoms with Crippen molar-refractivity contribution in [2.75, 3.05) is 34.5 Å². The average molecular weight is 2070 g/mol. The topological polar surface area (TPSA) is 375 Å². The van der Waals surface area contributed by atoms with E-state index in [1.807, 2.05) is 53.7 Å². The Bertz CT molecular complexity index is 4270. The second kappa shape index (κ2) is 66.1. The number of halogens is 8. The normalized spacial score (nSPS) is 16.3. The summed E-state index contributed by atoms with van der Waals surface area (Å²) >= 11 is 2.13. The number of hydrogen-bond donors (Lipinski definition) is 3. The minimum absolute atomic E-state index is 0. The molecule has 10 rings (SSSR count). The van der Waals surface area contributed by atoms with Crippen LogP contribution in [-0.2, 0) is 57.2 Å². The number of alkyl carbamates (subject to hydrolysis) is 1. The molecular weight excluding hydrogens is 1920 g/mol. The number of nitrogens with one attached hydrogen (secondary N) is 2. The number of carbonyl (C=O) groups excluding carboxylic acids is 10. The number of nitro groups is 2. The van der Waals surface area contributed by atoms with E-state index in [1.165, 1.54) is 123 Å². The molecular formula is C99H154BF7IN7NaO21. The minimum atomic E-state index is -4.64. The van der Waals surface area contributed by atoms with Crippen LogP contribution in [0.4, 0.5) is 45.1 Å². The van der Waals surface area contributed by atoms with Crippen molar-refractivity contribution in [1.29, 1.82) is 0 Å². The van der Waals surface area contributed by atoms with Crippen molar-refractivity contribution in [1.82, 2.24) is 20.4 Å². The van der Waals surface area contributed by atoms with E-state index < -0.39 is 92.6 Å². The number of likely N-dealkylation sites (tertiary alicyclic amines) is 2. The van der Waals surface area contributed by atoms with Crippen LogP contribution < -0.4 is 40.2 Å². The number of aliphatic imine (C=N–C) groups is 1. The monoisotopic (exact) mass is 2070 g/mol. The van der Waals surface area contributed by atoms with Gasteiger partial charge in [0.1, 0.15) is 45.9 Å². The summed E-state index contributed by atoms with van der Waals surface area (Å²) in [5.41, 5.74) is 0.277. The predicted molar refractivity (Wildman–Crippen MR) is 525 cm³/mol. The zero-order chi connectivity index (χ0) is 107. The number of esters is 2. The molecule has 5 heterocycles. The number of ketones is 2. The zero-order valence-corrected chi connectivity index (χ0v) is 90.5. The second-order valence-electron chi connectivity index (χ2n) is 39.1. The van der Waals surface area contributed by atoms with Gasteiger partial charge in [0.05, 0.1) is 26.2 Å². The van der Waals surface area contributed by atoms with Gasteiger partial charge in [0.15, 0.2) is 5.78 Å². The van der Waals surface area contributed by atoms with Gasteiger partial charge in [-0.2, -0.15) is 13.2 Å². The van der Waals surface area contributed by atoms with Crippen LogP contribution in [-0.4, -0.2) is 196 Å². The Hall–Kier alpha value is -8.63. The second-order valence-corrected chi connectivity index (χ2v) is 40.3. The molecule has 0 bridgehead atoms. The van der Waals surface area contributed by atoms with Gasteiger partial charge >= 0.3 is 66.0 Å². The van der Waals surface area contributed by atoms with Crippen molar-refractivity contribution in [2.45, 2.75) is 364 Å². The van der Waals surface area contributed by atoms with Crippen molar-refractivity contribution in [3.8, 4) is 0 Å². The van der Waals surface area contributed by atoms with Crippen LogP contribution in [0.1, 0.15) is 326 Å². The van der Waals surface area contributed by atoms with Gasteiger partial charge in [0.25, 0.3) is 0 Å². The third kappa shape index (κ3) is 67.4. The summed E-state index contributed by atoms with van der Waals surface area (Å²) in [6, 6.07) is 25.2. The molecule has 3 radical (unpaired) electrons. The summed E-state index contributed by atoms with van der Waals surface area (Å²) in [6.07, 6.45) is 6.74. The van der Waals surface area contributed by atoms with E-state index in [0.29, 0.717) is 61.8 Å². The molecule has 5 aliphatic heterocycles. The summed E-state index contributed by atoms with van der Waals surface area (Å²) < 4.78 is 118. The Balaban J connectivity index is -0.000000277. The number of imide groups is 2. The molecule has 3 N–H and O–H groups in total. The third-order valence-electron chi connectivity index (χ3n) is 19.2. The van der Waals surface area contributed by atoms with E-state index >= 15 is 0 Å². The number of benzene rings is 4. The Kier molecular flexibility index (Phi) is 66.1. The number of hydrogen-bond acceptors (Lipinski definition) is 23. The minimum Gasteiger partial charge on any atom is -1.00 e. The van der Waals surface area contributed by atoms with E-state index in [4.69, 9.17) is 30.2 Å². The van der Waals surface area contributed by atoms with Gasteiger partial charge in [0, 0.05) is 155 Å². The number of rotatable bonds is 13. The Morgan fingerprint density at radius 1 is 0.642 bits per heavy atom. The Morgan fingerprint density at radius 3 is 1.30 bits per heavy atom. The molecule has 1 unspecified atom stereocenters. The van der Waals surface area contributed by atoms with E-state index in [2.05, 4.69) is 95.8 Å². The first-order valence-electron chi connectivity index (χ1n) is 44.9. The fourth-order valence-electron chi connectivity index (χ4n) is 11.7. The number of methoxy groups -OCH3 is 2. The molecule has 137 heavy (non-hydrogen) atoms. The molecule has 1 atom stereocenters. The zero-order valence-electron chi connectivity index (χ0n) is 88.3. The van der Waals surface area contributed by atoms with Crippen LogP contribution >= 0.6 is 22.6 Å². The smallest absolute Gasteiger partial charge is 1.00 e. The maximum absolute atomic E-state index is 12.8. The number of aliphatic hydroxyl groups is 1. The molecule has 1 saturated carbocycles. The van der Waals surface area contributed by atoms with Crippen molar-refractivity contribution in [2.24, 2.45) is 10.4 Å². The fraction of sp³-hybridized carbons (Fsp3) is 0.626. The van der Waals surface area contributed by atoms with Crippen molar-refractivity contribution in [3.05, 3.63) is 173 Å². The van der Waals surface area contributed by atoms with Gasteiger partial charge < -0.3 is 45.6 Å². The first-order chi connectivity index (χ1) is 62.1. The predicted octanol–water partition coefficient (Wildman–Crippen LogP) is 20.1. The maximum atomic E-state index is 12.8. The Morgan fingerprint density at radius 2 is 1.04 bits per heavy atom. The number of nitrogens with zero attached hydrogens (tertiary/aromatic N) is 5. The SMILES string of the molecule is C1CCOC1.C=CC(=O)OC.CC(C)(C)OC(=O)N1C(=O)CCC1(C)C.CC(C)(C)OC(=O)N1C(=O)CCC1(C)C.CC(C)(CCC(=O)c1ccc(F)cc1)NC(=O)OC(C)(C)C.CC(C)[N+](=O)[O-].CC1(C)CCC(=O)C1.CC1(C)CCC(c2ccc(F)cc2)=N1.CC1(C)CCC(c2ccc(F)cc2)N1.CO.COC(=O)CCC(C)(C)[N+](=O)[O-].Fc1ccc(I)cc1.O=CC(F)(F)F.[2H]CC.[B].[H-].[Na+]. The summed E-state index contributed by atoms with van der Waals surface area (Å²) in [5.74, 6) is -1.64. The number of aliphatic hydroxyl groups excluding tert-OH is 1. The molecule has 28 nitrogen and oxygen atoms in total. The van der Waals surface area contributed by atoms with Crippen LogP contribution in [0.5, 0.6) is 0 Å². The number of aldehydes is 1. The number of ether oxygens (including phenoxy) is 6. The molecule has 6 aliphatic rings. The van der Waals surface area contributed by atoms with E-state index in [-0.39, 0.29) is 116 Å². The molecule has 5 fully saturated rings. The molecule has 771 valence electrons. The standard InChI is InChI=1S/C17H24FNO3.C12H16FN.C12H14FN.2C11H19NO3.C7H13NO4.C7H12O.C6H4FI.C4H6O2.C4H8O.C3H7NO2.C2HF3O.C2H6.CH4O.B.Na.H/c1-16(2,3)22-15(21)19-17(4,5)11-10-14(20)12-6-8-13(18)9-7-12;2*1-12(2)8-7-11(14-12)9-3-5-10(13)6-4-9;2*1-10(2,3)15-9(14)12-8(13)6-7-11(12,4)5;1-7(2,8(10)11)5-4-6(9)12-3;1-7(2)4-3-6(8)5-7;7-5-1-3-6(8)4-2-5;1-3-4(5)6-2;1-2-4-5-3-1;1-3(2)4(5)6;3-2(4,5)1-6;2*1-2;;;/h6-9H,10-11H2,1-5H3,(H,19,21);3-6,11,14H,7-8H2,1-2H3;3-6H,7-8H2,1-2H3;2*6-7H2,1-5H3;4-5H2,1-3H3;3-5H2,1-2H3;1-4H;3H,1H2,2H3;1-4H2;3H,1-2H3;1H;1-2H3;2H,1H3;;;/q;;;;;;;;;;;;;;;+1;-1/i;;;;;;;;;;;;1D;;;;. The van der Waals surface area contributed by atoms with Gasteiger partial charge in [-0.05, 0) is 308 Å². The van der Waals surface area contributed by atoms with Gasteiger partial charge in [-0.25, -0.2) is 46.5 Å². The first-order valence-corrected chi connectivity index (χ1v) is 45.3. The molecule has 1 aliphatic carbocycles. The van der Waals surface area contributed by atoms with Crippen molar-refractivity contribution >= 4 is 96.6 Å². The van der Waals surface area contributed by atoms with Crippen LogP contribution in [0.25, 0.3) is 0 Å². The van der Waals surface area contributed by atoms with E-state index in [9.17, 15) is 94.1 Å². The summed E-state index contributed by atoms with van der Waals surface area (Å²) in [6.45, 7) is 53.7. The van der Waals surface area contributed by atoms with Gasteiger partial charge in [-0.1, -0.05) is 58.5 Å². The van der Waals surface area contributed by atoms with Gasteiger partial charge in [0.2, 0.25) is 29.7 Å². The van der Waals surface area contributed by atoms with Crippen LogP contribution in [0.2, 0.25) is 0 Å². The van der Waals surface area contributed by atoms with Crippen molar-refractivity contribution < 1.29 is 154 Å². The van der Waals surface area contributed by atoms with Crippen LogP contribution in [0, 0.1) is 52.5 Å². The molecule has 5 amide bonds. The van der Waals surface area contributed by atoms with Crippen LogP contribution in [0.3, 0.4) is 0 Å². The van der Waals surface area contributed by atoms with Crippen molar-refractivity contribution in [3.63, 3.8) is 0 Å². The van der Waals surface area contributed by atoms with E-state index in [1.54, 1.807) is 107 Å². The number of alkyl halides is 3. The molecule has 4 aromatic rings. The third-order valence-corrected chi connectivity index (χ3v) is 19.9. The molecule has 0 aromatic heterocycles.